The molecule has 3 nitrogen and oxygen atoms in total. The van der Waals surface area contributed by atoms with Gasteiger partial charge in [-0.3, -0.25) is 9.69 Å². The average Bonchev–Trinajstić information content (AvgIpc) is 3.27. The van der Waals surface area contributed by atoms with Crippen molar-refractivity contribution in [3.8, 4) is 0 Å². The summed E-state index contributed by atoms with van der Waals surface area (Å²) < 4.78 is 0. The quantitative estimate of drug-likeness (QED) is 0.690. The first kappa shape index (κ1) is 16.9. The second-order valence-electron chi connectivity index (χ2n) is 5.68. The lowest BCUT2D eigenvalue weighted by atomic mass is 10.1. The van der Waals surface area contributed by atoms with E-state index in [0.29, 0.717) is 6.54 Å². The third-order valence-corrected chi connectivity index (χ3v) is 5.48. The topological polar surface area (TPSA) is 32.3 Å². The largest absolute Gasteiger partial charge is 0.343 e. The molecule has 0 fully saturated rings. The Morgan fingerprint density at radius 3 is 2.46 bits per heavy atom. The molecule has 5 heteroatoms. The number of likely N-dealkylation sites (N-methyl/N-ethyl adjacent to an activating group) is 1. The zero-order chi connectivity index (χ0) is 16.8. The molecule has 2 aromatic heterocycles. The molecule has 1 atom stereocenters. The molecule has 24 heavy (non-hydrogen) atoms. The molecule has 0 bridgehead atoms. The van der Waals surface area contributed by atoms with Crippen molar-refractivity contribution < 1.29 is 4.79 Å². The number of thiophene rings is 2. The lowest BCUT2D eigenvalue weighted by Crippen LogP contribution is -2.37. The number of benzene rings is 1. The Kier molecular flexibility index (Phi) is 5.80. The van der Waals surface area contributed by atoms with Crippen LogP contribution in [0.2, 0.25) is 0 Å². The fourth-order valence-electron chi connectivity index (χ4n) is 2.60. The fourth-order valence-corrected chi connectivity index (χ4v) is 4.18. The highest BCUT2D eigenvalue weighted by atomic mass is 32.1. The molecule has 0 unspecified atom stereocenters. The molecule has 3 aromatic rings. The minimum Gasteiger partial charge on any atom is -0.343 e. The minimum absolute atomic E-state index is 0.0382. The van der Waals surface area contributed by atoms with Gasteiger partial charge in [-0.15, -0.1) is 22.7 Å². The van der Waals surface area contributed by atoms with Crippen molar-refractivity contribution in [2.45, 2.75) is 12.6 Å². The van der Waals surface area contributed by atoms with Gasteiger partial charge in [0, 0.05) is 16.3 Å². The van der Waals surface area contributed by atoms with Crippen molar-refractivity contribution in [2.24, 2.45) is 0 Å². The monoisotopic (exact) mass is 356 g/mol. The first-order valence-corrected chi connectivity index (χ1v) is 9.57. The second kappa shape index (κ2) is 8.24. The van der Waals surface area contributed by atoms with E-state index in [9.17, 15) is 4.79 Å². The highest BCUT2D eigenvalue weighted by Crippen LogP contribution is 2.25. The summed E-state index contributed by atoms with van der Waals surface area (Å²) in [5, 5.41) is 7.28. The van der Waals surface area contributed by atoms with Gasteiger partial charge in [0.15, 0.2) is 0 Å². The van der Waals surface area contributed by atoms with Gasteiger partial charge in [0.05, 0.1) is 12.6 Å². The fraction of sp³-hybridized carbons (Fsp3) is 0.211. The second-order valence-corrected chi connectivity index (χ2v) is 7.69. The minimum atomic E-state index is -0.0890. The molecule has 0 aliphatic rings. The summed E-state index contributed by atoms with van der Waals surface area (Å²) in [5.41, 5.74) is 1.11. The van der Waals surface area contributed by atoms with Gasteiger partial charge in [-0.1, -0.05) is 42.5 Å². The molecule has 1 amide bonds. The zero-order valence-electron chi connectivity index (χ0n) is 13.5. The van der Waals surface area contributed by atoms with Crippen molar-refractivity contribution in [3.63, 3.8) is 0 Å². The maximum Gasteiger partial charge on any atom is 0.234 e. The van der Waals surface area contributed by atoms with E-state index in [1.165, 1.54) is 4.88 Å². The van der Waals surface area contributed by atoms with Gasteiger partial charge < -0.3 is 5.32 Å². The van der Waals surface area contributed by atoms with Gasteiger partial charge >= 0.3 is 0 Å². The summed E-state index contributed by atoms with van der Waals surface area (Å²) in [6.07, 6.45) is 0. The van der Waals surface area contributed by atoms with Crippen LogP contribution >= 0.6 is 22.7 Å². The van der Waals surface area contributed by atoms with E-state index >= 15 is 0 Å². The van der Waals surface area contributed by atoms with Gasteiger partial charge in [-0.05, 0) is 35.5 Å². The molecular formula is C19H20N2OS2. The molecule has 3 rings (SSSR count). The van der Waals surface area contributed by atoms with E-state index in [2.05, 4.69) is 35.0 Å². The standard InChI is InChI=1S/C19H20N2OS2/c1-21(13-16-9-5-11-23-16)14-18(22)20-19(17-10-6-12-24-17)15-7-3-2-4-8-15/h2-12,19H,13-14H2,1H3,(H,20,22)/t19-/m0/s1. The van der Waals surface area contributed by atoms with Gasteiger partial charge in [0.25, 0.3) is 0 Å². The van der Waals surface area contributed by atoms with E-state index in [1.807, 2.05) is 47.7 Å². The summed E-state index contributed by atoms with van der Waals surface area (Å²) >= 11 is 3.38. The van der Waals surface area contributed by atoms with E-state index < -0.39 is 0 Å². The average molecular weight is 357 g/mol. The van der Waals surface area contributed by atoms with E-state index in [4.69, 9.17) is 0 Å². The van der Waals surface area contributed by atoms with Crippen LogP contribution < -0.4 is 5.32 Å². The third kappa shape index (κ3) is 4.54. The summed E-state index contributed by atoms with van der Waals surface area (Å²) in [5.74, 6) is 0.0382. The highest BCUT2D eigenvalue weighted by molar-refractivity contribution is 7.10. The van der Waals surface area contributed by atoms with E-state index in [0.717, 1.165) is 17.0 Å². The first-order valence-electron chi connectivity index (χ1n) is 7.81. The maximum absolute atomic E-state index is 12.5. The Balaban J connectivity index is 1.65. The maximum atomic E-state index is 12.5. The number of nitrogens with one attached hydrogen (secondary N) is 1. The van der Waals surface area contributed by atoms with Crippen LogP contribution in [0.5, 0.6) is 0 Å². The van der Waals surface area contributed by atoms with E-state index in [1.54, 1.807) is 22.7 Å². The van der Waals surface area contributed by atoms with Crippen molar-refractivity contribution in [1.29, 1.82) is 0 Å². The van der Waals surface area contributed by atoms with Crippen molar-refractivity contribution >= 4 is 28.6 Å². The van der Waals surface area contributed by atoms with Crippen LogP contribution in [0.25, 0.3) is 0 Å². The predicted molar refractivity (Wildman–Crippen MR) is 101 cm³/mol. The molecule has 1 N–H and O–H groups in total. The zero-order valence-corrected chi connectivity index (χ0v) is 15.1. The Morgan fingerprint density at radius 1 is 1.04 bits per heavy atom. The summed E-state index contributed by atoms with van der Waals surface area (Å²) in [6, 6.07) is 18.2. The molecule has 0 aliphatic carbocycles. The summed E-state index contributed by atoms with van der Waals surface area (Å²) in [4.78, 5) is 17.0. The molecule has 0 saturated carbocycles. The molecule has 0 aliphatic heterocycles. The van der Waals surface area contributed by atoms with E-state index in [-0.39, 0.29) is 11.9 Å². The van der Waals surface area contributed by atoms with Crippen LogP contribution in [-0.4, -0.2) is 24.4 Å². The molecule has 0 spiro atoms. The van der Waals surface area contributed by atoms with Gasteiger partial charge in [-0.25, -0.2) is 0 Å². The number of carbonyl (C=O) groups excluding carboxylic acids is 1. The van der Waals surface area contributed by atoms with Crippen LogP contribution in [0.1, 0.15) is 21.4 Å². The molecule has 124 valence electrons. The molecule has 0 saturated heterocycles. The molecular weight excluding hydrogens is 336 g/mol. The Morgan fingerprint density at radius 2 is 1.79 bits per heavy atom. The van der Waals surface area contributed by atoms with Crippen LogP contribution in [-0.2, 0) is 11.3 Å². The predicted octanol–water partition coefficient (Wildman–Crippen LogP) is 4.15. The van der Waals surface area contributed by atoms with Crippen molar-refractivity contribution in [2.75, 3.05) is 13.6 Å². The number of amides is 1. The number of hydrogen-bond acceptors (Lipinski definition) is 4. The summed E-state index contributed by atoms with van der Waals surface area (Å²) in [6.45, 7) is 1.17. The molecule has 2 heterocycles. The van der Waals surface area contributed by atoms with Crippen LogP contribution in [0.4, 0.5) is 0 Å². The number of nitrogens with zero attached hydrogens (tertiary/aromatic N) is 1. The number of hydrogen-bond donors (Lipinski definition) is 1. The Hall–Kier alpha value is -1.95. The lowest BCUT2D eigenvalue weighted by Gasteiger charge is -2.21. The SMILES string of the molecule is CN(CC(=O)N[C@@H](c1ccccc1)c1cccs1)Cc1cccs1. The van der Waals surface area contributed by atoms with Gasteiger partial charge in [0.1, 0.15) is 0 Å². The van der Waals surface area contributed by atoms with Crippen molar-refractivity contribution in [1.82, 2.24) is 10.2 Å². The van der Waals surface area contributed by atoms with Crippen LogP contribution in [0.3, 0.4) is 0 Å². The lowest BCUT2D eigenvalue weighted by molar-refractivity contribution is -0.122. The highest BCUT2D eigenvalue weighted by Gasteiger charge is 2.18. The number of carbonyl (C=O) groups is 1. The normalized spacial score (nSPS) is 12.2. The van der Waals surface area contributed by atoms with Gasteiger partial charge in [-0.2, -0.15) is 0 Å². The van der Waals surface area contributed by atoms with Gasteiger partial charge in [0.2, 0.25) is 5.91 Å². The smallest absolute Gasteiger partial charge is 0.234 e. The molecule has 1 aromatic carbocycles. The third-order valence-electron chi connectivity index (χ3n) is 3.69. The first-order chi connectivity index (χ1) is 11.7. The van der Waals surface area contributed by atoms with Crippen LogP contribution in [0.15, 0.2) is 65.4 Å². The number of rotatable bonds is 7. The van der Waals surface area contributed by atoms with Crippen LogP contribution in [0, 0.1) is 0 Å². The Labute approximate surface area is 150 Å². The Bertz CT molecular complexity index is 739. The summed E-state index contributed by atoms with van der Waals surface area (Å²) in [7, 11) is 1.97. The molecule has 0 radical (unpaired) electrons. The van der Waals surface area contributed by atoms with Crippen molar-refractivity contribution in [3.05, 3.63) is 80.7 Å².